The summed E-state index contributed by atoms with van der Waals surface area (Å²) >= 11 is 0. The fourth-order valence-electron chi connectivity index (χ4n) is 1.81. The van der Waals surface area contributed by atoms with Gasteiger partial charge < -0.3 is 10.1 Å². The number of carbonyl (C=O) groups is 1. The zero-order chi connectivity index (χ0) is 19.4. The van der Waals surface area contributed by atoms with Crippen molar-refractivity contribution in [2.24, 2.45) is 5.10 Å². The van der Waals surface area contributed by atoms with Gasteiger partial charge in [-0.1, -0.05) is 6.07 Å². The minimum Gasteiger partial charge on any atom is -0.444 e. The maximum Gasteiger partial charge on any atom is 0.435 e. The quantitative estimate of drug-likeness (QED) is 0.839. The molecule has 2 aromatic heterocycles. The standard InChI is InChI=1S/C16H18F3N5O2/c1-15(2,3)26-14(25)21-10-12-8-13(16(17,18)19)23-24(12)22-9-11-6-4-5-7-20-11/h4-9H,10H2,1-3H3,(H,21,25)/b22-9+. The van der Waals surface area contributed by atoms with E-state index in [1.54, 1.807) is 39.0 Å². The second kappa shape index (κ2) is 7.54. The highest BCUT2D eigenvalue weighted by Gasteiger charge is 2.35. The minimum absolute atomic E-state index is 0.0374. The number of alkyl carbamates (subject to hydrolysis) is 1. The Bertz CT molecular complexity index is 779. The van der Waals surface area contributed by atoms with Gasteiger partial charge in [-0.3, -0.25) is 4.98 Å². The van der Waals surface area contributed by atoms with Crippen molar-refractivity contribution in [2.45, 2.75) is 39.1 Å². The first-order chi connectivity index (χ1) is 12.0. The van der Waals surface area contributed by atoms with E-state index in [4.69, 9.17) is 4.74 Å². The predicted octanol–water partition coefficient (Wildman–Crippen LogP) is 3.20. The Labute approximate surface area is 147 Å². The van der Waals surface area contributed by atoms with Crippen LogP contribution >= 0.6 is 0 Å². The first-order valence-electron chi connectivity index (χ1n) is 7.63. The molecule has 2 rings (SSSR count). The van der Waals surface area contributed by atoms with Crippen LogP contribution in [0.2, 0.25) is 0 Å². The highest BCUT2D eigenvalue weighted by atomic mass is 19.4. The number of hydrogen-bond donors (Lipinski definition) is 1. The van der Waals surface area contributed by atoms with Crippen LogP contribution in [0.3, 0.4) is 0 Å². The summed E-state index contributed by atoms with van der Waals surface area (Å²) in [5, 5.41) is 9.69. The van der Waals surface area contributed by atoms with E-state index in [0.29, 0.717) is 5.69 Å². The third kappa shape index (κ3) is 5.87. The SMILES string of the molecule is CC(C)(C)OC(=O)NCc1cc(C(F)(F)F)nn1/N=C/c1ccccn1. The molecule has 1 amide bonds. The largest absolute Gasteiger partial charge is 0.444 e. The number of nitrogens with one attached hydrogen (secondary N) is 1. The lowest BCUT2D eigenvalue weighted by atomic mass is 10.2. The zero-order valence-corrected chi connectivity index (χ0v) is 14.4. The van der Waals surface area contributed by atoms with Crippen LogP contribution in [0.15, 0.2) is 35.6 Å². The lowest BCUT2D eigenvalue weighted by molar-refractivity contribution is -0.141. The van der Waals surface area contributed by atoms with Crippen molar-refractivity contribution in [3.05, 3.63) is 47.5 Å². The molecule has 26 heavy (non-hydrogen) atoms. The van der Waals surface area contributed by atoms with E-state index in [9.17, 15) is 18.0 Å². The first kappa shape index (κ1) is 19.4. The Kier molecular flexibility index (Phi) is 5.63. The Balaban J connectivity index is 2.19. The molecule has 0 bridgehead atoms. The van der Waals surface area contributed by atoms with Gasteiger partial charge in [0.1, 0.15) is 5.60 Å². The molecule has 7 nitrogen and oxygen atoms in total. The number of halogens is 3. The molecule has 140 valence electrons. The molecule has 0 aliphatic heterocycles. The maximum atomic E-state index is 12.9. The number of carbonyl (C=O) groups excluding carboxylic acids is 1. The van der Waals surface area contributed by atoms with Gasteiger partial charge >= 0.3 is 12.3 Å². The van der Waals surface area contributed by atoms with Crippen LogP contribution in [0.4, 0.5) is 18.0 Å². The molecule has 0 aromatic carbocycles. The van der Waals surface area contributed by atoms with Crippen molar-refractivity contribution >= 4 is 12.3 Å². The van der Waals surface area contributed by atoms with Crippen molar-refractivity contribution in [1.82, 2.24) is 20.2 Å². The summed E-state index contributed by atoms with van der Waals surface area (Å²) in [6.45, 7) is 4.79. The highest BCUT2D eigenvalue weighted by Crippen LogP contribution is 2.28. The molecule has 0 fully saturated rings. The summed E-state index contributed by atoms with van der Waals surface area (Å²) in [7, 11) is 0. The molecule has 0 saturated heterocycles. The lowest BCUT2D eigenvalue weighted by Gasteiger charge is -2.19. The lowest BCUT2D eigenvalue weighted by Crippen LogP contribution is -2.32. The van der Waals surface area contributed by atoms with Gasteiger partial charge in [-0.15, -0.1) is 5.10 Å². The van der Waals surface area contributed by atoms with E-state index < -0.39 is 23.6 Å². The summed E-state index contributed by atoms with van der Waals surface area (Å²) in [5.74, 6) is 0. The van der Waals surface area contributed by atoms with E-state index >= 15 is 0 Å². The van der Waals surface area contributed by atoms with E-state index in [1.807, 2.05) is 0 Å². The van der Waals surface area contributed by atoms with Crippen LogP contribution in [0.5, 0.6) is 0 Å². The van der Waals surface area contributed by atoms with E-state index in [1.165, 1.54) is 12.4 Å². The molecular formula is C16H18F3N5O2. The normalized spacial score (nSPS) is 12.4. The van der Waals surface area contributed by atoms with Crippen molar-refractivity contribution in [3.63, 3.8) is 0 Å². The van der Waals surface area contributed by atoms with Crippen LogP contribution in [-0.2, 0) is 17.5 Å². The van der Waals surface area contributed by atoms with Crippen LogP contribution in [-0.4, -0.2) is 32.8 Å². The summed E-state index contributed by atoms with van der Waals surface area (Å²) in [6.07, 6.45) is -2.60. The maximum absolute atomic E-state index is 12.9. The third-order valence-corrected chi connectivity index (χ3v) is 2.85. The third-order valence-electron chi connectivity index (χ3n) is 2.85. The smallest absolute Gasteiger partial charge is 0.435 e. The Morgan fingerprint density at radius 1 is 1.35 bits per heavy atom. The molecule has 0 aliphatic carbocycles. The molecule has 1 N–H and O–H groups in total. The van der Waals surface area contributed by atoms with Crippen LogP contribution in [0.25, 0.3) is 0 Å². The van der Waals surface area contributed by atoms with E-state index in [2.05, 4.69) is 20.5 Å². The second-order valence-electron chi connectivity index (χ2n) is 6.26. The average Bonchev–Trinajstić information content (AvgIpc) is 2.94. The molecule has 0 radical (unpaired) electrons. The van der Waals surface area contributed by atoms with Gasteiger partial charge in [-0.25, -0.2) is 4.79 Å². The van der Waals surface area contributed by atoms with Crippen molar-refractivity contribution in [1.29, 1.82) is 0 Å². The van der Waals surface area contributed by atoms with Gasteiger partial charge in [0.15, 0.2) is 5.69 Å². The number of pyridine rings is 1. The molecular weight excluding hydrogens is 351 g/mol. The number of amides is 1. The van der Waals surface area contributed by atoms with Gasteiger partial charge in [0, 0.05) is 6.20 Å². The van der Waals surface area contributed by atoms with Gasteiger partial charge in [-0.05, 0) is 39.0 Å². The number of nitrogens with zero attached hydrogens (tertiary/aromatic N) is 4. The predicted molar refractivity (Wildman–Crippen MR) is 87.5 cm³/mol. The van der Waals surface area contributed by atoms with Gasteiger partial charge in [-0.2, -0.15) is 23.1 Å². The highest BCUT2D eigenvalue weighted by molar-refractivity contribution is 5.76. The second-order valence-corrected chi connectivity index (χ2v) is 6.26. The topological polar surface area (TPSA) is 81.4 Å². The van der Waals surface area contributed by atoms with E-state index in [-0.39, 0.29) is 12.2 Å². The fraction of sp³-hybridized carbons (Fsp3) is 0.375. The molecule has 2 heterocycles. The van der Waals surface area contributed by atoms with Crippen LogP contribution < -0.4 is 5.32 Å². The monoisotopic (exact) mass is 369 g/mol. The first-order valence-corrected chi connectivity index (χ1v) is 7.63. The van der Waals surface area contributed by atoms with Crippen molar-refractivity contribution in [3.8, 4) is 0 Å². The number of hydrogen-bond acceptors (Lipinski definition) is 5. The number of rotatable bonds is 4. The summed E-state index contributed by atoms with van der Waals surface area (Å²) in [5.41, 5.74) is -1.35. The Hall–Kier alpha value is -2.91. The molecule has 2 aromatic rings. The Morgan fingerprint density at radius 3 is 2.65 bits per heavy atom. The summed E-state index contributed by atoms with van der Waals surface area (Å²) in [6, 6.07) is 5.86. The van der Waals surface area contributed by atoms with Crippen molar-refractivity contribution < 1.29 is 22.7 Å². The molecule has 0 spiro atoms. The van der Waals surface area contributed by atoms with Crippen LogP contribution in [0.1, 0.15) is 37.9 Å². The molecule has 0 unspecified atom stereocenters. The molecule has 10 heteroatoms. The molecule has 0 atom stereocenters. The number of alkyl halides is 3. The van der Waals surface area contributed by atoms with E-state index in [0.717, 1.165) is 10.9 Å². The minimum atomic E-state index is -4.63. The summed E-state index contributed by atoms with van der Waals surface area (Å²) in [4.78, 5) is 16.5. The Morgan fingerprint density at radius 2 is 2.08 bits per heavy atom. The van der Waals surface area contributed by atoms with Gasteiger partial charge in [0.25, 0.3) is 0 Å². The number of ether oxygens (including phenoxy) is 1. The fourth-order valence-corrected chi connectivity index (χ4v) is 1.81. The molecule has 0 saturated carbocycles. The van der Waals surface area contributed by atoms with Crippen molar-refractivity contribution in [2.75, 3.05) is 0 Å². The van der Waals surface area contributed by atoms with Crippen LogP contribution in [0, 0.1) is 0 Å². The zero-order valence-electron chi connectivity index (χ0n) is 14.4. The summed E-state index contributed by atoms with van der Waals surface area (Å²) < 4.78 is 43.8. The molecule has 0 aliphatic rings. The average molecular weight is 369 g/mol. The van der Waals surface area contributed by atoms with Gasteiger partial charge in [0.2, 0.25) is 0 Å². The number of aromatic nitrogens is 3. The van der Waals surface area contributed by atoms with Gasteiger partial charge in [0.05, 0.1) is 24.1 Å².